The Morgan fingerprint density at radius 1 is 1.46 bits per heavy atom. The predicted molar refractivity (Wildman–Crippen MR) is 90.7 cm³/mol. The summed E-state index contributed by atoms with van der Waals surface area (Å²) in [6.07, 6.45) is 4.91. The van der Waals surface area contributed by atoms with E-state index in [1.807, 2.05) is 20.8 Å². The molecule has 0 bridgehead atoms. The van der Waals surface area contributed by atoms with Crippen LogP contribution >= 0.6 is 0 Å². The van der Waals surface area contributed by atoms with Crippen molar-refractivity contribution in [3.63, 3.8) is 0 Å². The number of aryl methyl sites for hydroxylation is 1. The molecule has 1 heterocycles. The van der Waals surface area contributed by atoms with Gasteiger partial charge in [-0.3, -0.25) is 9.59 Å². The molecule has 2 aliphatic rings. The molecule has 0 aromatic carbocycles. The number of rotatable bonds is 3. The highest BCUT2D eigenvalue weighted by Gasteiger charge is 2.58. The van der Waals surface area contributed by atoms with Crippen molar-refractivity contribution in [2.75, 3.05) is 0 Å². The van der Waals surface area contributed by atoms with E-state index in [2.05, 4.69) is 13.8 Å². The van der Waals surface area contributed by atoms with Gasteiger partial charge in [0.25, 0.3) is 0 Å². The molecule has 0 N–H and O–H groups in total. The van der Waals surface area contributed by atoms with Gasteiger partial charge in [0.1, 0.15) is 6.10 Å². The van der Waals surface area contributed by atoms with Crippen LogP contribution in [-0.2, 0) is 9.53 Å². The number of Topliss-reactive ketones (excluding diaryl/α,β-unsaturated/α-hetero) is 1. The van der Waals surface area contributed by atoms with E-state index in [-0.39, 0.29) is 29.0 Å². The second-order valence-corrected chi connectivity index (χ2v) is 7.90. The number of fused-ring (bicyclic) bond motifs is 2. The summed E-state index contributed by atoms with van der Waals surface area (Å²) < 4.78 is 11.6. The standard InChI is InChI=1S/C20H28O4/c1-6-11(2)19(22)24-18-15-12(3)10-23-17(15)16(21)14-9-7-8-13(4)20(14,18)5/h10-11,13-14,18H,6-9H2,1-5H3. The van der Waals surface area contributed by atoms with Crippen LogP contribution in [0.25, 0.3) is 0 Å². The maximum atomic E-state index is 13.0. The molecule has 4 heteroatoms. The molecule has 0 spiro atoms. The van der Waals surface area contributed by atoms with Crippen LogP contribution < -0.4 is 0 Å². The van der Waals surface area contributed by atoms with Gasteiger partial charge < -0.3 is 9.15 Å². The molecule has 0 aliphatic heterocycles. The molecule has 0 amide bonds. The summed E-state index contributed by atoms with van der Waals surface area (Å²) in [6, 6.07) is 0. The van der Waals surface area contributed by atoms with Crippen LogP contribution in [0.5, 0.6) is 0 Å². The quantitative estimate of drug-likeness (QED) is 0.742. The second kappa shape index (κ2) is 6.05. The number of furan rings is 1. The number of ketones is 1. The number of hydrogen-bond donors (Lipinski definition) is 0. The number of esters is 1. The Hall–Kier alpha value is -1.58. The maximum Gasteiger partial charge on any atom is 0.309 e. The zero-order chi connectivity index (χ0) is 17.6. The first kappa shape index (κ1) is 17.2. The van der Waals surface area contributed by atoms with Crippen LogP contribution in [0.4, 0.5) is 0 Å². The molecule has 24 heavy (non-hydrogen) atoms. The number of hydrogen-bond acceptors (Lipinski definition) is 4. The third-order valence-corrected chi connectivity index (χ3v) is 6.58. The van der Waals surface area contributed by atoms with E-state index in [0.717, 1.165) is 36.8 Å². The summed E-state index contributed by atoms with van der Waals surface area (Å²) in [7, 11) is 0. The van der Waals surface area contributed by atoms with Crippen molar-refractivity contribution in [1.29, 1.82) is 0 Å². The predicted octanol–water partition coefficient (Wildman–Crippen LogP) is 4.86. The van der Waals surface area contributed by atoms with E-state index in [9.17, 15) is 9.59 Å². The van der Waals surface area contributed by atoms with Gasteiger partial charge in [0.2, 0.25) is 5.78 Å². The molecule has 5 unspecified atom stereocenters. The fraction of sp³-hybridized carbons (Fsp3) is 0.700. The van der Waals surface area contributed by atoms with Crippen molar-refractivity contribution in [3.8, 4) is 0 Å². The topological polar surface area (TPSA) is 56.5 Å². The molecular formula is C20H28O4. The molecule has 132 valence electrons. The average molecular weight is 332 g/mol. The largest absolute Gasteiger partial charge is 0.461 e. The Morgan fingerprint density at radius 3 is 2.83 bits per heavy atom. The fourth-order valence-corrected chi connectivity index (χ4v) is 4.47. The number of carbonyl (C=O) groups is 2. The SMILES string of the molecule is CCC(C)C(=O)OC1c2c(C)coc2C(=O)C2CCCC(C)C21C. The van der Waals surface area contributed by atoms with Gasteiger partial charge in [0.15, 0.2) is 5.76 Å². The van der Waals surface area contributed by atoms with Gasteiger partial charge in [-0.2, -0.15) is 0 Å². The van der Waals surface area contributed by atoms with Crippen LogP contribution in [-0.4, -0.2) is 11.8 Å². The van der Waals surface area contributed by atoms with Crippen LogP contribution in [0, 0.1) is 30.1 Å². The van der Waals surface area contributed by atoms with Crippen molar-refractivity contribution < 1.29 is 18.7 Å². The van der Waals surface area contributed by atoms with E-state index >= 15 is 0 Å². The fourth-order valence-electron chi connectivity index (χ4n) is 4.47. The van der Waals surface area contributed by atoms with Gasteiger partial charge >= 0.3 is 5.97 Å². The molecular weight excluding hydrogens is 304 g/mol. The minimum Gasteiger partial charge on any atom is -0.461 e. The van der Waals surface area contributed by atoms with Gasteiger partial charge in [-0.05, 0) is 37.7 Å². The highest BCUT2D eigenvalue weighted by molar-refractivity contribution is 5.99. The highest BCUT2D eigenvalue weighted by Crippen LogP contribution is 2.59. The van der Waals surface area contributed by atoms with Crippen molar-refractivity contribution in [2.24, 2.45) is 23.2 Å². The smallest absolute Gasteiger partial charge is 0.309 e. The molecule has 0 radical (unpaired) electrons. The number of carbonyl (C=O) groups excluding carboxylic acids is 2. The van der Waals surface area contributed by atoms with Crippen molar-refractivity contribution in [1.82, 2.24) is 0 Å². The van der Waals surface area contributed by atoms with Crippen LogP contribution in [0.3, 0.4) is 0 Å². The van der Waals surface area contributed by atoms with Gasteiger partial charge in [-0.15, -0.1) is 0 Å². The van der Waals surface area contributed by atoms with Crippen LogP contribution in [0.15, 0.2) is 10.7 Å². The minimum absolute atomic E-state index is 0.0861. The van der Waals surface area contributed by atoms with E-state index in [1.165, 1.54) is 0 Å². The van der Waals surface area contributed by atoms with E-state index in [0.29, 0.717) is 11.7 Å². The van der Waals surface area contributed by atoms with E-state index in [1.54, 1.807) is 6.26 Å². The van der Waals surface area contributed by atoms with E-state index in [4.69, 9.17) is 9.15 Å². The summed E-state index contributed by atoms with van der Waals surface area (Å²) in [5.41, 5.74) is 1.34. The Labute approximate surface area is 143 Å². The first-order chi connectivity index (χ1) is 11.3. The molecule has 1 aromatic rings. The summed E-state index contributed by atoms with van der Waals surface area (Å²) >= 11 is 0. The van der Waals surface area contributed by atoms with Crippen molar-refractivity contribution in [2.45, 2.75) is 66.4 Å². The summed E-state index contributed by atoms with van der Waals surface area (Å²) in [5.74, 6) is 0.362. The Balaban J connectivity index is 2.10. The molecule has 1 fully saturated rings. The van der Waals surface area contributed by atoms with Gasteiger partial charge in [-0.1, -0.05) is 34.1 Å². The van der Waals surface area contributed by atoms with Gasteiger partial charge in [0, 0.05) is 16.9 Å². The Bertz CT molecular complexity index is 659. The molecule has 3 rings (SSSR count). The highest BCUT2D eigenvalue weighted by atomic mass is 16.5. The first-order valence-electron chi connectivity index (χ1n) is 9.15. The lowest BCUT2D eigenvalue weighted by Crippen LogP contribution is -2.50. The third-order valence-electron chi connectivity index (χ3n) is 6.58. The Kier molecular flexibility index (Phi) is 4.35. The van der Waals surface area contributed by atoms with Crippen molar-refractivity contribution >= 4 is 11.8 Å². The lowest BCUT2D eigenvalue weighted by Gasteiger charge is -2.51. The maximum absolute atomic E-state index is 13.0. The summed E-state index contributed by atoms with van der Waals surface area (Å²) in [6.45, 7) is 10.1. The summed E-state index contributed by atoms with van der Waals surface area (Å²) in [5, 5.41) is 0. The number of ether oxygens (including phenoxy) is 1. The lowest BCUT2D eigenvalue weighted by atomic mass is 9.54. The average Bonchev–Trinajstić information content (AvgIpc) is 2.94. The zero-order valence-corrected chi connectivity index (χ0v) is 15.3. The lowest BCUT2D eigenvalue weighted by molar-refractivity contribution is -0.170. The van der Waals surface area contributed by atoms with E-state index < -0.39 is 6.10 Å². The van der Waals surface area contributed by atoms with Crippen LogP contribution in [0.1, 0.15) is 81.2 Å². The molecule has 4 nitrogen and oxygen atoms in total. The van der Waals surface area contributed by atoms with Crippen LogP contribution in [0.2, 0.25) is 0 Å². The summed E-state index contributed by atoms with van der Waals surface area (Å²) in [4.78, 5) is 25.6. The molecule has 1 saturated carbocycles. The van der Waals surface area contributed by atoms with Gasteiger partial charge in [-0.25, -0.2) is 0 Å². The van der Waals surface area contributed by atoms with Crippen molar-refractivity contribution in [3.05, 3.63) is 23.2 Å². The van der Waals surface area contributed by atoms with Gasteiger partial charge in [0.05, 0.1) is 12.2 Å². The monoisotopic (exact) mass is 332 g/mol. The molecule has 1 aromatic heterocycles. The molecule has 2 aliphatic carbocycles. The molecule has 5 atom stereocenters. The Morgan fingerprint density at radius 2 is 2.17 bits per heavy atom. The first-order valence-corrected chi connectivity index (χ1v) is 9.15. The normalized spacial score (nSPS) is 33.5. The molecule has 0 saturated heterocycles. The minimum atomic E-state index is -0.397. The second-order valence-electron chi connectivity index (χ2n) is 7.90. The third kappa shape index (κ3) is 2.34. The zero-order valence-electron chi connectivity index (χ0n) is 15.3.